The molecule has 4 heteroatoms. The first kappa shape index (κ1) is 18.5. The molecule has 0 fully saturated rings. The summed E-state index contributed by atoms with van der Waals surface area (Å²) < 4.78 is 20.0. The number of benzene rings is 3. The van der Waals surface area contributed by atoms with E-state index >= 15 is 0 Å². The van der Waals surface area contributed by atoms with E-state index < -0.39 is 6.10 Å². The summed E-state index contributed by atoms with van der Waals surface area (Å²) in [7, 11) is 3.97. The molecule has 144 valence electrons. The maximum absolute atomic E-state index is 13.8. The van der Waals surface area contributed by atoms with Crippen molar-refractivity contribution in [1.29, 1.82) is 0 Å². The van der Waals surface area contributed by atoms with Crippen LogP contribution in [0.15, 0.2) is 66.7 Å². The van der Waals surface area contributed by atoms with Crippen molar-refractivity contribution in [2.24, 2.45) is 0 Å². The summed E-state index contributed by atoms with van der Waals surface area (Å²) in [6, 6.07) is 20.7. The highest BCUT2D eigenvalue weighted by Gasteiger charge is 2.40. The van der Waals surface area contributed by atoms with E-state index in [0.717, 1.165) is 28.1 Å². The number of nitrogens with zero attached hydrogens (tertiary/aromatic N) is 1. The number of aliphatic hydroxyl groups excluding tert-OH is 1. The highest BCUT2D eigenvalue weighted by atomic mass is 19.1. The minimum atomic E-state index is -0.741. The lowest BCUT2D eigenvalue weighted by Crippen LogP contribution is -2.18. The van der Waals surface area contributed by atoms with Gasteiger partial charge in [0.15, 0.2) is 0 Å². The Kier molecular flexibility index (Phi) is 4.82. The molecule has 3 aromatic carbocycles. The molecule has 3 unspecified atom stereocenters. The van der Waals surface area contributed by atoms with E-state index in [1.807, 2.05) is 67.5 Å². The molecule has 28 heavy (non-hydrogen) atoms. The second-order valence-corrected chi connectivity index (χ2v) is 7.54. The molecular formula is C24H24FNO2. The highest BCUT2D eigenvalue weighted by Crippen LogP contribution is 2.51. The molecule has 0 radical (unpaired) electrons. The van der Waals surface area contributed by atoms with E-state index in [-0.39, 0.29) is 17.8 Å². The van der Waals surface area contributed by atoms with Crippen LogP contribution < -0.4 is 9.64 Å². The third kappa shape index (κ3) is 3.25. The van der Waals surface area contributed by atoms with Gasteiger partial charge in [-0.2, -0.15) is 0 Å². The van der Waals surface area contributed by atoms with Crippen LogP contribution in [-0.2, 0) is 0 Å². The molecule has 3 nitrogen and oxygen atoms in total. The molecule has 0 saturated carbocycles. The van der Waals surface area contributed by atoms with Gasteiger partial charge in [-0.3, -0.25) is 0 Å². The fourth-order valence-electron chi connectivity index (χ4n) is 3.87. The maximum atomic E-state index is 13.8. The number of aryl methyl sites for hydroxylation is 1. The lowest BCUT2D eigenvalue weighted by atomic mass is 9.83. The molecule has 0 aromatic heterocycles. The lowest BCUT2D eigenvalue weighted by molar-refractivity contribution is 0.0886. The van der Waals surface area contributed by atoms with E-state index in [2.05, 4.69) is 0 Å². The van der Waals surface area contributed by atoms with Gasteiger partial charge in [-0.1, -0.05) is 36.4 Å². The number of hydrogen-bond acceptors (Lipinski definition) is 3. The van der Waals surface area contributed by atoms with Crippen molar-refractivity contribution in [1.82, 2.24) is 0 Å². The summed E-state index contributed by atoms with van der Waals surface area (Å²) in [4.78, 5) is 2.02. The van der Waals surface area contributed by atoms with Crippen LogP contribution in [0.3, 0.4) is 0 Å². The summed E-state index contributed by atoms with van der Waals surface area (Å²) in [5.74, 6) is 0.255. The zero-order chi connectivity index (χ0) is 19.8. The van der Waals surface area contributed by atoms with Gasteiger partial charge in [-0.15, -0.1) is 0 Å². The Morgan fingerprint density at radius 1 is 1.00 bits per heavy atom. The molecule has 1 N–H and O–H groups in total. The number of ether oxygens (including phenoxy) is 1. The van der Waals surface area contributed by atoms with Gasteiger partial charge in [-0.05, 0) is 53.9 Å². The summed E-state index contributed by atoms with van der Waals surface area (Å²) >= 11 is 0. The number of para-hydroxylation sites is 1. The Morgan fingerprint density at radius 3 is 2.39 bits per heavy atom. The van der Waals surface area contributed by atoms with E-state index in [4.69, 9.17) is 4.74 Å². The first-order valence-corrected chi connectivity index (χ1v) is 9.42. The Morgan fingerprint density at radius 2 is 1.71 bits per heavy atom. The minimum absolute atomic E-state index is 0.240. The summed E-state index contributed by atoms with van der Waals surface area (Å²) in [5.41, 5.74) is 4.31. The van der Waals surface area contributed by atoms with Crippen molar-refractivity contribution in [3.8, 4) is 5.75 Å². The van der Waals surface area contributed by atoms with E-state index in [0.29, 0.717) is 5.56 Å². The molecule has 0 bridgehead atoms. The summed E-state index contributed by atoms with van der Waals surface area (Å²) in [6.45, 7) is 1.74. The second-order valence-electron chi connectivity index (χ2n) is 7.54. The van der Waals surface area contributed by atoms with E-state index in [1.165, 1.54) is 6.07 Å². The number of hydrogen-bond donors (Lipinski definition) is 1. The molecule has 1 aliphatic rings. The topological polar surface area (TPSA) is 32.7 Å². The molecule has 3 aromatic rings. The van der Waals surface area contributed by atoms with Gasteiger partial charge in [0.1, 0.15) is 17.7 Å². The molecule has 0 saturated heterocycles. The monoisotopic (exact) mass is 377 g/mol. The average Bonchev–Trinajstić information content (AvgIpc) is 3.09. The van der Waals surface area contributed by atoms with E-state index in [9.17, 15) is 9.50 Å². The fraction of sp³-hybridized carbons (Fsp3) is 0.250. The van der Waals surface area contributed by atoms with Crippen LogP contribution in [0.25, 0.3) is 0 Å². The number of rotatable bonds is 4. The Bertz CT molecular complexity index is 984. The smallest absolute Gasteiger partial charge is 0.134 e. The van der Waals surface area contributed by atoms with Gasteiger partial charge < -0.3 is 14.7 Å². The third-order valence-electron chi connectivity index (χ3n) is 5.46. The molecule has 0 aliphatic carbocycles. The van der Waals surface area contributed by atoms with Crippen molar-refractivity contribution in [2.45, 2.75) is 25.0 Å². The van der Waals surface area contributed by atoms with Gasteiger partial charge in [0, 0.05) is 25.3 Å². The zero-order valence-corrected chi connectivity index (χ0v) is 16.3. The van der Waals surface area contributed by atoms with Crippen molar-refractivity contribution < 1.29 is 14.2 Å². The highest BCUT2D eigenvalue weighted by molar-refractivity contribution is 5.49. The minimum Gasteiger partial charge on any atom is -0.485 e. The number of halogens is 1. The maximum Gasteiger partial charge on any atom is 0.134 e. The molecule has 3 atom stereocenters. The molecule has 1 heterocycles. The molecule has 4 rings (SSSR count). The average molecular weight is 377 g/mol. The first-order chi connectivity index (χ1) is 13.5. The molecular weight excluding hydrogens is 353 g/mol. The zero-order valence-electron chi connectivity index (χ0n) is 16.3. The van der Waals surface area contributed by atoms with Gasteiger partial charge in [0.2, 0.25) is 0 Å². The number of anilines is 1. The van der Waals surface area contributed by atoms with Crippen molar-refractivity contribution in [3.63, 3.8) is 0 Å². The Labute approximate surface area is 165 Å². The molecule has 0 spiro atoms. The largest absolute Gasteiger partial charge is 0.485 e. The lowest BCUT2D eigenvalue weighted by Gasteiger charge is -2.25. The Balaban J connectivity index is 1.74. The number of aliphatic hydroxyl groups is 1. The van der Waals surface area contributed by atoms with Crippen LogP contribution in [-0.4, -0.2) is 19.2 Å². The van der Waals surface area contributed by atoms with Crippen molar-refractivity contribution in [2.75, 3.05) is 19.0 Å². The normalized spacial score (nSPS) is 19.0. The summed E-state index contributed by atoms with van der Waals surface area (Å²) in [5, 5.41) is 11.3. The van der Waals surface area contributed by atoms with Crippen molar-refractivity contribution in [3.05, 3.63) is 94.8 Å². The van der Waals surface area contributed by atoms with Crippen LogP contribution in [0.1, 0.15) is 40.4 Å². The van der Waals surface area contributed by atoms with Gasteiger partial charge in [0.05, 0.1) is 12.0 Å². The van der Waals surface area contributed by atoms with Crippen molar-refractivity contribution >= 4 is 5.69 Å². The van der Waals surface area contributed by atoms with E-state index in [1.54, 1.807) is 19.1 Å². The number of fused-ring (bicyclic) bond motifs is 1. The quantitative estimate of drug-likeness (QED) is 0.682. The van der Waals surface area contributed by atoms with Crippen LogP contribution in [0.2, 0.25) is 0 Å². The summed E-state index contributed by atoms with van der Waals surface area (Å²) in [6.07, 6.45) is -1.12. The Hall–Kier alpha value is -2.85. The first-order valence-electron chi connectivity index (χ1n) is 9.42. The third-order valence-corrected chi connectivity index (χ3v) is 5.46. The molecule has 1 aliphatic heterocycles. The van der Waals surface area contributed by atoms with Crippen LogP contribution in [0, 0.1) is 12.7 Å². The van der Waals surface area contributed by atoms with Crippen LogP contribution in [0.4, 0.5) is 10.1 Å². The second kappa shape index (κ2) is 7.28. The predicted molar refractivity (Wildman–Crippen MR) is 109 cm³/mol. The predicted octanol–water partition coefficient (Wildman–Crippen LogP) is 5.15. The van der Waals surface area contributed by atoms with Crippen LogP contribution >= 0.6 is 0 Å². The fourth-order valence-corrected chi connectivity index (χ4v) is 3.87. The molecule has 0 amide bonds. The van der Waals surface area contributed by atoms with Gasteiger partial charge >= 0.3 is 0 Å². The standard InChI is InChI=1S/C24H24FNO2/c1-15-14-17(10-13-20(15)25)24-22(19-6-4-5-7-21(19)28-24)23(27)16-8-11-18(12-9-16)26(2)3/h4-14,22-24,27H,1-3H3. The van der Waals surface area contributed by atoms with Gasteiger partial charge in [0.25, 0.3) is 0 Å². The van der Waals surface area contributed by atoms with Gasteiger partial charge in [-0.25, -0.2) is 4.39 Å². The van der Waals surface area contributed by atoms with Crippen LogP contribution in [0.5, 0.6) is 5.75 Å². The SMILES string of the molecule is Cc1cc(C2Oc3ccccc3C2C(O)c2ccc(N(C)C)cc2)ccc1F.